The van der Waals surface area contributed by atoms with Crippen LogP contribution in [0.15, 0.2) is 30.5 Å². The van der Waals surface area contributed by atoms with Crippen LogP contribution < -0.4 is 11.1 Å². The van der Waals surface area contributed by atoms with E-state index in [1.807, 2.05) is 13.8 Å². The van der Waals surface area contributed by atoms with Gasteiger partial charge in [0, 0.05) is 36.9 Å². The molecule has 1 saturated heterocycles. The van der Waals surface area contributed by atoms with Crippen LogP contribution in [0.3, 0.4) is 0 Å². The van der Waals surface area contributed by atoms with Crippen LogP contribution in [0.5, 0.6) is 0 Å². The maximum absolute atomic E-state index is 12.8. The van der Waals surface area contributed by atoms with Crippen molar-refractivity contribution in [3.05, 3.63) is 41.6 Å². The fraction of sp³-hybridized carbons (Fsp3) is 0.542. The summed E-state index contributed by atoms with van der Waals surface area (Å²) in [5.74, 6) is -0.726. The Morgan fingerprint density at radius 2 is 1.89 bits per heavy atom. The van der Waals surface area contributed by atoms with E-state index in [2.05, 4.69) is 21.4 Å². The zero-order valence-corrected chi connectivity index (χ0v) is 19.6. The number of nitriles is 1. The van der Waals surface area contributed by atoms with E-state index in [0.717, 1.165) is 31.6 Å². The van der Waals surface area contributed by atoms with Crippen LogP contribution in [0.2, 0.25) is 0 Å². The van der Waals surface area contributed by atoms with Gasteiger partial charge < -0.3 is 16.2 Å². The zero-order valence-electron chi connectivity index (χ0n) is 19.6. The number of likely N-dealkylation sites (tertiary alicyclic amines) is 1. The molecule has 2 fully saturated rings. The van der Waals surface area contributed by atoms with Crippen LogP contribution in [-0.4, -0.2) is 50.4 Å². The Balaban J connectivity index is 1.48. The largest absolute Gasteiger partial charge is 0.416 e. The van der Waals surface area contributed by atoms with Gasteiger partial charge in [0.1, 0.15) is 5.56 Å². The fourth-order valence-corrected chi connectivity index (χ4v) is 4.89. The normalized spacial score (nSPS) is 24.0. The number of aliphatic hydroxyl groups is 1. The third-order valence-corrected chi connectivity index (χ3v) is 7.19. The Morgan fingerprint density at radius 1 is 1.23 bits per heavy atom. The summed E-state index contributed by atoms with van der Waals surface area (Å²) in [6.07, 6.45) is -0.791. The first-order valence-electron chi connectivity index (χ1n) is 11.6. The molecule has 1 aliphatic heterocycles. The third-order valence-electron chi connectivity index (χ3n) is 7.19. The molecule has 0 bridgehead atoms. The lowest BCUT2D eigenvalue weighted by Gasteiger charge is -2.51. The number of aromatic nitrogens is 2. The molecule has 1 amide bonds. The van der Waals surface area contributed by atoms with E-state index < -0.39 is 23.2 Å². The van der Waals surface area contributed by atoms with Crippen LogP contribution >= 0.6 is 0 Å². The monoisotopic (exact) mass is 490 g/mol. The third kappa shape index (κ3) is 5.28. The van der Waals surface area contributed by atoms with E-state index >= 15 is 0 Å². The van der Waals surface area contributed by atoms with Gasteiger partial charge in [-0.1, -0.05) is 0 Å². The number of halogens is 3. The SMILES string of the molecule is CC(C)(O)C1CN([C@@H]2CC[C@H](n3cc(C(N)=O)c(Nc4ccc(C(F)(F)F)cc4)n3)C(C#N)C2)C1. The summed E-state index contributed by atoms with van der Waals surface area (Å²) in [6, 6.07) is 6.74. The molecule has 2 aliphatic rings. The lowest BCUT2D eigenvalue weighted by molar-refractivity contribution is -0.137. The van der Waals surface area contributed by atoms with Crippen LogP contribution in [0.25, 0.3) is 0 Å². The number of carbonyl (C=O) groups is 1. The molecule has 1 unspecified atom stereocenters. The minimum Gasteiger partial charge on any atom is -0.390 e. The summed E-state index contributed by atoms with van der Waals surface area (Å²) in [7, 11) is 0. The molecule has 35 heavy (non-hydrogen) atoms. The molecule has 0 radical (unpaired) electrons. The highest BCUT2D eigenvalue weighted by Crippen LogP contribution is 2.40. The average molecular weight is 491 g/mol. The van der Waals surface area contributed by atoms with E-state index in [9.17, 15) is 28.3 Å². The van der Waals surface area contributed by atoms with E-state index in [4.69, 9.17) is 5.73 Å². The second-order valence-corrected chi connectivity index (χ2v) is 10.0. The lowest BCUT2D eigenvalue weighted by Crippen LogP contribution is -2.59. The van der Waals surface area contributed by atoms with Gasteiger partial charge >= 0.3 is 6.18 Å². The van der Waals surface area contributed by atoms with Crippen molar-refractivity contribution in [2.45, 2.75) is 57.0 Å². The number of anilines is 2. The van der Waals surface area contributed by atoms with Crippen LogP contribution in [0.4, 0.5) is 24.7 Å². The summed E-state index contributed by atoms with van der Waals surface area (Å²) in [5, 5.41) is 27.4. The number of nitrogens with zero attached hydrogens (tertiary/aromatic N) is 4. The standard InChI is InChI=1S/C24H29F3N6O2/c1-23(2,35)16-11-32(12-16)18-7-8-20(14(9-18)10-28)33-13-19(21(29)34)22(31-33)30-17-5-3-15(4-6-17)24(25,26)27/h3-6,13-14,16,18,20,35H,7-9,11-12H2,1-2H3,(H2,29,34)(H,30,31)/t14?,18-,20+/m1/s1. The molecule has 4 N–H and O–H groups in total. The smallest absolute Gasteiger partial charge is 0.390 e. The Kier molecular flexibility index (Phi) is 6.55. The number of primary amides is 1. The van der Waals surface area contributed by atoms with Gasteiger partial charge in [0.15, 0.2) is 5.82 Å². The molecule has 1 aromatic heterocycles. The number of nitrogens with one attached hydrogen (secondary N) is 1. The van der Waals surface area contributed by atoms with Gasteiger partial charge in [0.2, 0.25) is 0 Å². The average Bonchev–Trinajstić information content (AvgIpc) is 3.15. The number of amides is 1. The lowest BCUT2D eigenvalue weighted by atomic mass is 9.77. The van der Waals surface area contributed by atoms with Gasteiger partial charge in [-0.05, 0) is 57.4 Å². The minimum atomic E-state index is -4.45. The summed E-state index contributed by atoms with van der Waals surface area (Å²) < 4.78 is 40.1. The highest BCUT2D eigenvalue weighted by atomic mass is 19.4. The predicted octanol–water partition coefficient (Wildman–Crippen LogP) is 3.68. The van der Waals surface area contributed by atoms with Gasteiger partial charge in [-0.2, -0.15) is 23.5 Å². The molecule has 1 aromatic carbocycles. The minimum absolute atomic E-state index is 0.0967. The van der Waals surface area contributed by atoms with Gasteiger partial charge in [-0.3, -0.25) is 14.4 Å². The topological polar surface area (TPSA) is 120 Å². The molecule has 188 valence electrons. The van der Waals surface area contributed by atoms with Crippen molar-refractivity contribution in [3.8, 4) is 6.07 Å². The number of hydrogen-bond donors (Lipinski definition) is 3. The first kappa shape index (κ1) is 25.0. The summed E-state index contributed by atoms with van der Waals surface area (Å²) in [5.41, 5.74) is 4.44. The molecule has 1 aliphatic carbocycles. The molecule has 11 heteroatoms. The van der Waals surface area contributed by atoms with Crippen LogP contribution in [0, 0.1) is 23.2 Å². The first-order chi connectivity index (χ1) is 16.4. The second kappa shape index (κ2) is 9.17. The zero-order chi connectivity index (χ0) is 25.5. The molecule has 3 atom stereocenters. The maximum Gasteiger partial charge on any atom is 0.416 e. The van der Waals surface area contributed by atoms with Crippen molar-refractivity contribution in [1.29, 1.82) is 5.26 Å². The van der Waals surface area contributed by atoms with Gasteiger partial charge in [-0.15, -0.1) is 0 Å². The summed E-state index contributed by atoms with van der Waals surface area (Å²) in [4.78, 5) is 14.3. The van der Waals surface area contributed by atoms with Crippen LogP contribution in [-0.2, 0) is 6.18 Å². The number of rotatable bonds is 6. The Bertz CT molecular complexity index is 1110. The molecule has 0 spiro atoms. The highest BCUT2D eigenvalue weighted by Gasteiger charge is 2.43. The second-order valence-electron chi connectivity index (χ2n) is 10.0. The number of benzene rings is 1. The van der Waals surface area contributed by atoms with Gasteiger partial charge in [0.05, 0.1) is 29.2 Å². The van der Waals surface area contributed by atoms with Crippen molar-refractivity contribution < 1.29 is 23.1 Å². The van der Waals surface area contributed by atoms with E-state index in [1.165, 1.54) is 18.3 Å². The van der Waals surface area contributed by atoms with Crippen molar-refractivity contribution in [3.63, 3.8) is 0 Å². The number of hydrogen-bond acceptors (Lipinski definition) is 6. The fourth-order valence-electron chi connectivity index (χ4n) is 4.89. The van der Waals surface area contributed by atoms with Crippen LogP contribution in [0.1, 0.15) is 55.1 Å². The van der Waals surface area contributed by atoms with E-state index in [0.29, 0.717) is 18.5 Å². The predicted molar refractivity (Wildman–Crippen MR) is 123 cm³/mol. The number of alkyl halides is 3. The van der Waals surface area contributed by atoms with Crippen molar-refractivity contribution in [1.82, 2.24) is 14.7 Å². The maximum atomic E-state index is 12.8. The Labute approximate surface area is 201 Å². The number of carbonyl (C=O) groups excluding carboxylic acids is 1. The van der Waals surface area contributed by atoms with Crippen molar-refractivity contribution >= 4 is 17.4 Å². The van der Waals surface area contributed by atoms with Gasteiger partial charge in [-0.25, -0.2) is 0 Å². The van der Waals surface area contributed by atoms with E-state index in [-0.39, 0.29) is 35.3 Å². The first-order valence-corrected chi connectivity index (χ1v) is 11.6. The van der Waals surface area contributed by atoms with Crippen molar-refractivity contribution in [2.24, 2.45) is 17.6 Å². The highest BCUT2D eigenvalue weighted by molar-refractivity contribution is 5.98. The molecule has 2 aromatic rings. The summed E-state index contributed by atoms with van der Waals surface area (Å²) >= 11 is 0. The van der Waals surface area contributed by atoms with Crippen molar-refractivity contribution in [2.75, 3.05) is 18.4 Å². The van der Waals surface area contributed by atoms with E-state index in [1.54, 1.807) is 4.68 Å². The molecular weight excluding hydrogens is 461 g/mol. The van der Waals surface area contributed by atoms with Gasteiger partial charge in [0.25, 0.3) is 5.91 Å². The number of nitrogens with two attached hydrogens (primary N) is 1. The quantitative estimate of drug-likeness (QED) is 0.568. The molecule has 8 nitrogen and oxygen atoms in total. The molecule has 1 saturated carbocycles. The Hall–Kier alpha value is -3.10. The molecule has 4 rings (SSSR count). The molecule has 2 heterocycles. The molecular formula is C24H29F3N6O2. The summed E-state index contributed by atoms with van der Waals surface area (Å²) in [6.45, 7) is 5.22. The Morgan fingerprint density at radius 3 is 2.43 bits per heavy atom.